The van der Waals surface area contributed by atoms with E-state index in [0.29, 0.717) is 39.7 Å². The van der Waals surface area contributed by atoms with E-state index in [-0.39, 0.29) is 18.3 Å². The van der Waals surface area contributed by atoms with Crippen LogP contribution in [0.4, 0.5) is 10.1 Å². The number of ether oxygens (including phenoxy) is 1. The number of halogens is 1. The summed E-state index contributed by atoms with van der Waals surface area (Å²) in [5, 5.41) is 11.3. The molecule has 48 heavy (non-hydrogen) atoms. The molecule has 0 atom stereocenters. The molecular weight excluding hydrogens is 620 g/mol. The molecule has 0 spiro atoms. The van der Waals surface area contributed by atoms with Gasteiger partial charge in [-0.3, -0.25) is 4.79 Å². The van der Waals surface area contributed by atoms with E-state index in [2.05, 4.69) is 31.2 Å². The predicted octanol–water partition coefficient (Wildman–Crippen LogP) is 9.14. The first-order chi connectivity index (χ1) is 23.5. The second kappa shape index (κ2) is 13.9. The lowest BCUT2D eigenvalue weighted by Crippen LogP contribution is -2.21. The van der Waals surface area contributed by atoms with Gasteiger partial charge in [-0.25, -0.2) is 9.07 Å². The summed E-state index contributed by atoms with van der Waals surface area (Å²) in [6.07, 6.45) is 3.81. The third-order valence-electron chi connectivity index (χ3n) is 7.87. The molecule has 0 saturated heterocycles. The Labute approximate surface area is 282 Å². The summed E-state index contributed by atoms with van der Waals surface area (Å²) >= 11 is 1.63. The molecule has 0 saturated carbocycles. The number of hydrogen-bond donors (Lipinski definition) is 0. The van der Waals surface area contributed by atoms with Gasteiger partial charge >= 0.3 is 0 Å². The largest absolute Gasteiger partial charge is 0.489 e. The monoisotopic (exact) mass is 650 g/mol. The number of aromatic nitrogens is 2. The highest BCUT2D eigenvalue weighted by molar-refractivity contribution is 8.00. The van der Waals surface area contributed by atoms with E-state index < -0.39 is 0 Å². The van der Waals surface area contributed by atoms with Crippen molar-refractivity contribution in [1.82, 2.24) is 9.78 Å². The van der Waals surface area contributed by atoms with Gasteiger partial charge in [-0.05, 0) is 67.6 Å². The Morgan fingerprint density at radius 1 is 0.812 bits per heavy atom. The van der Waals surface area contributed by atoms with Crippen LogP contribution in [0.2, 0.25) is 0 Å². The second-order valence-electron chi connectivity index (χ2n) is 11.3. The molecule has 1 aromatic heterocycles. The van der Waals surface area contributed by atoms with E-state index in [1.807, 2.05) is 97.2 Å². The lowest BCUT2D eigenvalue weighted by atomic mass is 10.0. The van der Waals surface area contributed by atoms with Crippen molar-refractivity contribution in [1.29, 1.82) is 0 Å². The predicted molar refractivity (Wildman–Crippen MR) is 191 cm³/mol. The number of carbonyl (C=O) groups is 1. The molecule has 0 N–H and O–H groups in total. The minimum absolute atomic E-state index is 0.0911. The van der Waals surface area contributed by atoms with Gasteiger partial charge in [0.15, 0.2) is 0 Å². The number of benzene rings is 5. The average Bonchev–Trinajstić information content (AvgIpc) is 3.69. The normalized spacial score (nSPS) is 13.6. The quantitative estimate of drug-likeness (QED) is 0.110. The minimum atomic E-state index is -0.312. The third kappa shape index (κ3) is 6.84. The molecule has 1 aliphatic heterocycles. The Kier molecular flexibility index (Phi) is 8.98. The Bertz CT molecular complexity index is 2130. The fourth-order valence-corrected chi connectivity index (χ4v) is 6.18. The van der Waals surface area contributed by atoms with E-state index in [1.54, 1.807) is 34.6 Å². The highest BCUT2D eigenvalue weighted by atomic mass is 32.2. The number of rotatable bonds is 10. The lowest BCUT2D eigenvalue weighted by molar-refractivity contribution is -0.114. The van der Waals surface area contributed by atoms with E-state index in [9.17, 15) is 9.18 Å². The van der Waals surface area contributed by atoms with Crippen LogP contribution in [0.25, 0.3) is 23.0 Å². The Hall–Kier alpha value is -5.73. The second-order valence-corrected chi connectivity index (χ2v) is 12.3. The zero-order chi connectivity index (χ0) is 32.9. The number of hydrogen-bond acceptors (Lipinski definition) is 5. The molecule has 0 aliphatic carbocycles. The van der Waals surface area contributed by atoms with Crippen molar-refractivity contribution in [2.45, 2.75) is 18.4 Å². The minimum Gasteiger partial charge on any atom is -0.489 e. The van der Waals surface area contributed by atoms with Crippen LogP contribution in [0.3, 0.4) is 0 Å². The molecule has 0 fully saturated rings. The van der Waals surface area contributed by atoms with Gasteiger partial charge in [0, 0.05) is 33.5 Å². The number of amides is 1. The molecule has 236 valence electrons. The molecule has 6 nitrogen and oxygen atoms in total. The van der Waals surface area contributed by atoms with Gasteiger partial charge in [-0.15, -0.1) is 11.8 Å². The molecule has 6 aromatic rings. The van der Waals surface area contributed by atoms with Crippen LogP contribution in [-0.2, 0) is 11.4 Å². The van der Waals surface area contributed by atoms with Gasteiger partial charge in [0.05, 0.1) is 22.7 Å². The highest BCUT2D eigenvalue weighted by Gasteiger charge is 2.31. The van der Waals surface area contributed by atoms with Crippen LogP contribution in [0.5, 0.6) is 5.75 Å². The molecule has 8 heteroatoms. The number of para-hydroxylation sites is 2. The number of aryl methyl sites for hydroxylation is 1. The molecule has 2 heterocycles. The Morgan fingerprint density at radius 2 is 1.52 bits per heavy atom. The maximum absolute atomic E-state index is 14.3. The Morgan fingerprint density at radius 3 is 2.27 bits per heavy atom. The SMILES string of the molecule is Cc1ccc(SCC2=NN(c3ccccc3)C(=O)C2=Cc2cn(-c3ccccc3)nc2-c2cccc(OCc3ccccc3F)c2)cc1. The first kappa shape index (κ1) is 30.9. The first-order valence-corrected chi connectivity index (χ1v) is 16.5. The van der Waals surface area contributed by atoms with E-state index >= 15 is 0 Å². The van der Waals surface area contributed by atoms with Crippen LogP contribution >= 0.6 is 11.8 Å². The van der Waals surface area contributed by atoms with Crippen molar-refractivity contribution in [2.24, 2.45) is 5.10 Å². The number of thioether (sulfide) groups is 1. The van der Waals surface area contributed by atoms with Crippen molar-refractivity contribution in [3.8, 4) is 22.7 Å². The lowest BCUT2D eigenvalue weighted by Gasteiger charge is -2.11. The van der Waals surface area contributed by atoms with Gasteiger partial charge < -0.3 is 4.74 Å². The van der Waals surface area contributed by atoms with Crippen LogP contribution in [0, 0.1) is 12.7 Å². The molecular formula is C40H31FN4O2S. The zero-order valence-corrected chi connectivity index (χ0v) is 27.0. The van der Waals surface area contributed by atoms with Crippen LogP contribution in [0.15, 0.2) is 155 Å². The fourth-order valence-electron chi connectivity index (χ4n) is 5.34. The molecule has 5 aromatic carbocycles. The van der Waals surface area contributed by atoms with Crippen molar-refractivity contribution in [3.63, 3.8) is 0 Å². The fraction of sp³-hybridized carbons (Fsp3) is 0.0750. The van der Waals surface area contributed by atoms with Gasteiger partial charge in [0.2, 0.25) is 0 Å². The summed E-state index contributed by atoms with van der Waals surface area (Å²) in [6, 6.07) is 41.7. The molecule has 1 aliphatic rings. The van der Waals surface area contributed by atoms with Gasteiger partial charge in [-0.1, -0.05) is 84.4 Å². The molecule has 0 unspecified atom stereocenters. The van der Waals surface area contributed by atoms with Crippen molar-refractivity contribution in [2.75, 3.05) is 10.8 Å². The average molecular weight is 651 g/mol. The van der Waals surface area contributed by atoms with Crippen LogP contribution in [-0.4, -0.2) is 27.2 Å². The summed E-state index contributed by atoms with van der Waals surface area (Å²) in [5.41, 5.74) is 6.62. The van der Waals surface area contributed by atoms with E-state index in [4.69, 9.17) is 14.9 Å². The Balaban J connectivity index is 1.27. The van der Waals surface area contributed by atoms with Gasteiger partial charge in [0.1, 0.15) is 23.9 Å². The first-order valence-electron chi connectivity index (χ1n) is 15.5. The summed E-state index contributed by atoms with van der Waals surface area (Å²) in [5.74, 6) is 0.562. The summed E-state index contributed by atoms with van der Waals surface area (Å²) in [4.78, 5) is 15.2. The van der Waals surface area contributed by atoms with Crippen molar-refractivity contribution < 1.29 is 13.9 Å². The number of hydrazone groups is 1. The van der Waals surface area contributed by atoms with E-state index in [0.717, 1.165) is 21.7 Å². The van der Waals surface area contributed by atoms with Crippen LogP contribution < -0.4 is 9.75 Å². The summed E-state index contributed by atoms with van der Waals surface area (Å²) in [6.45, 7) is 2.15. The summed E-state index contributed by atoms with van der Waals surface area (Å²) < 4.78 is 22.1. The topological polar surface area (TPSA) is 59.7 Å². The maximum atomic E-state index is 14.3. The standard InChI is InChI=1S/C40H31FN4O2S/c1-28-19-21-35(22-20-28)48-27-38-36(40(46)45(42-38)33-15-6-3-7-16-33)24-31-25-44(32-13-4-2-5-14-32)43-39(31)29-12-10-17-34(23-29)47-26-30-11-8-9-18-37(30)41/h2-25H,26-27H2,1H3. The van der Waals surface area contributed by atoms with Gasteiger partial charge in [0.25, 0.3) is 5.91 Å². The molecule has 7 rings (SSSR count). The third-order valence-corrected chi connectivity index (χ3v) is 8.90. The number of nitrogens with zero attached hydrogens (tertiary/aromatic N) is 4. The molecule has 1 amide bonds. The zero-order valence-electron chi connectivity index (χ0n) is 26.2. The number of anilines is 1. The highest BCUT2D eigenvalue weighted by Crippen LogP contribution is 2.33. The van der Waals surface area contributed by atoms with Gasteiger partial charge in [-0.2, -0.15) is 15.2 Å². The van der Waals surface area contributed by atoms with E-state index in [1.165, 1.54) is 16.6 Å². The number of carbonyl (C=O) groups excluding carboxylic acids is 1. The smallest absolute Gasteiger partial charge is 0.280 e. The van der Waals surface area contributed by atoms with Crippen molar-refractivity contribution in [3.05, 3.63) is 168 Å². The van der Waals surface area contributed by atoms with Crippen LogP contribution in [0.1, 0.15) is 16.7 Å². The molecule has 0 radical (unpaired) electrons. The maximum Gasteiger partial charge on any atom is 0.280 e. The van der Waals surface area contributed by atoms with Crippen molar-refractivity contribution >= 4 is 35.1 Å². The molecule has 0 bridgehead atoms. The summed E-state index contributed by atoms with van der Waals surface area (Å²) in [7, 11) is 0.